The number of nitrogens with zero attached hydrogens (tertiary/aromatic N) is 1. The highest BCUT2D eigenvalue weighted by Crippen LogP contribution is 2.26. The van der Waals surface area contributed by atoms with E-state index in [0.29, 0.717) is 5.88 Å². The van der Waals surface area contributed by atoms with Gasteiger partial charge in [0.05, 0.1) is 17.3 Å². The smallest absolute Gasteiger partial charge is 0.0647 e. The second-order valence-electron chi connectivity index (χ2n) is 4.06. The lowest BCUT2D eigenvalue weighted by molar-refractivity contribution is 1.22. The average molecular weight is 254 g/mol. The molecule has 2 rings (SSSR count). The van der Waals surface area contributed by atoms with Crippen LogP contribution in [0.1, 0.15) is 24.5 Å². The van der Waals surface area contributed by atoms with Crippen LogP contribution in [0.2, 0.25) is 5.02 Å². The Morgan fingerprint density at radius 2 is 2.06 bits per heavy atom. The zero-order valence-electron chi connectivity index (χ0n) is 9.35. The molecule has 0 saturated heterocycles. The van der Waals surface area contributed by atoms with Crippen molar-refractivity contribution in [3.8, 4) is 0 Å². The molecule has 0 fully saturated rings. The van der Waals surface area contributed by atoms with Gasteiger partial charge >= 0.3 is 0 Å². The van der Waals surface area contributed by atoms with Crippen LogP contribution in [0.3, 0.4) is 0 Å². The molecule has 0 amide bonds. The molecular weight excluding hydrogens is 241 g/mol. The van der Waals surface area contributed by atoms with Gasteiger partial charge in [0.1, 0.15) is 0 Å². The van der Waals surface area contributed by atoms with E-state index in [9.17, 15) is 0 Å². The maximum atomic E-state index is 6.10. The van der Waals surface area contributed by atoms with E-state index in [1.165, 1.54) is 5.57 Å². The first-order valence-electron chi connectivity index (χ1n) is 5.20. The summed E-state index contributed by atoms with van der Waals surface area (Å²) in [5.74, 6) is 0.481. The summed E-state index contributed by atoms with van der Waals surface area (Å²) in [6.07, 6.45) is 0.876. The third-order valence-corrected chi connectivity index (χ3v) is 3.49. The van der Waals surface area contributed by atoms with Crippen molar-refractivity contribution in [2.75, 3.05) is 5.88 Å². The van der Waals surface area contributed by atoms with Crippen LogP contribution < -0.4 is 0 Å². The second-order valence-corrected chi connectivity index (χ2v) is 4.73. The molecule has 1 nitrogen and oxygen atoms in total. The van der Waals surface area contributed by atoms with Gasteiger partial charge in [-0.05, 0) is 36.6 Å². The summed E-state index contributed by atoms with van der Waals surface area (Å²) in [7, 11) is 0. The number of hydrogen-bond donors (Lipinski definition) is 0. The van der Waals surface area contributed by atoms with Crippen LogP contribution in [0.15, 0.2) is 34.5 Å². The van der Waals surface area contributed by atoms with Gasteiger partial charge in [0, 0.05) is 11.4 Å². The number of aryl methyl sites for hydroxylation is 1. The minimum Gasteiger partial charge on any atom is -0.256 e. The summed E-state index contributed by atoms with van der Waals surface area (Å²) in [5.41, 5.74) is 5.49. The topological polar surface area (TPSA) is 12.4 Å². The molecule has 0 saturated carbocycles. The van der Waals surface area contributed by atoms with E-state index >= 15 is 0 Å². The molecule has 1 heterocycles. The third-order valence-electron chi connectivity index (χ3n) is 2.83. The number of aliphatic imine (C=N–C) groups is 1. The van der Waals surface area contributed by atoms with E-state index in [0.717, 1.165) is 34.0 Å². The summed E-state index contributed by atoms with van der Waals surface area (Å²) in [5, 5.41) is 0.789. The van der Waals surface area contributed by atoms with E-state index in [2.05, 4.69) is 18.0 Å². The second kappa shape index (κ2) is 4.60. The Balaban J connectivity index is 2.32. The molecule has 1 aliphatic rings. The van der Waals surface area contributed by atoms with Gasteiger partial charge < -0.3 is 0 Å². The largest absolute Gasteiger partial charge is 0.256 e. The number of hydrogen-bond acceptors (Lipinski definition) is 1. The van der Waals surface area contributed by atoms with E-state index in [4.69, 9.17) is 23.2 Å². The highest BCUT2D eigenvalue weighted by atomic mass is 35.5. The predicted molar refractivity (Wildman–Crippen MR) is 70.8 cm³/mol. The maximum Gasteiger partial charge on any atom is 0.0647 e. The quantitative estimate of drug-likeness (QED) is 0.695. The number of halogens is 2. The van der Waals surface area contributed by atoms with Crippen molar-refractivity contribution in [3.63, 3.8) is 0 Å². The zero-order chi connectivity index (χ0) is 11.7. The molecule has 3 heteroatoms. The molecule has 0 radical (unpaired) electrons. The predicted octanol–water partition coefficient (Wildman–Crippen LogP) is 4.35. The van der Waals surface area contributed by atoms with E-state index in [-0.39, 0.29) is 0 Å². The van der Waals surface area contributed by atoms with Crippen LogP contribution in [0.5, 0.6) is 0 Å². The molecule has 0 aliphatic carbocycles. The van der Waals surface area contributed by atoms with E-state index in [1.54, 1.807) is 0 Å². The molecule has 0 N–H and O–H groups in total. The molecule has 1 aromatic carbocycles. The van der Waals surface area contributed by atoms with Gasteiger partial charge in [0.25, 0.3) is 0 Å². The fraction of sp³-hybridized carbons (Fsp3) is 0.308. The Hall–Kier alpha value is -0.790. The molecule has 1 aromatic rings. The summed E-state index contributed by atoms with van der Waals surface area (Å²) in [6.45, 7) is 4.07. The molecule has 0 spiro atoms. The number of alkyl halides is 1. The van der Waals surface area contributed by atoms with Crippen molar-refractivity contribution in [3.05, 3.63) is 45.6 Å². The van der Waals surface area contributed by atoms with Gasteiger partial charge in [0.15, 0.2) is 0 Å². The Kier molecular flexibility index (Phi) is 3.36. The van der Waals surface area contributed by atoms with Crippen molar-refractivity contribution >= 4 is 28.9 Å². The lowest BCUT2D eigenvalue weighted by Gasteiger charge is -2.03. The third kappa shape index (κ3) is 2.16. The standard InChI is InChI=1S/C13H13Cl2N/c1-8-3-4-10(6-11(8)15)12-5-9(2)13(7-14)16-12/h3-4,6H,5,7H2,1-2H3. The van der Waals surface area contributed by atoms with Crippen molar-refractivity contribution in [2.24, 2.45) is 4.99 Å². The first-order chi connectivity index (χ1) is 7.61. The Morgan fingerprint density at radius 3 is 2.62 bits per heavy atom. The summed E-state index contributed by atoms with van der Waals surface area (Å²) in [6, 6.07) is 6.05. The van der Waals surface area contributed by atoms with Gasteiger partial charge in [0.2, 0.25) is 0 Å². The van der Waals surface area contributed by atoms with Gasteiger partial charge in [-0.2, -0.15) is 0 Å². The lowest BCUT2D eigenvalue weighted by atomic mass is 10.0. The van der Waals surface area contributed by atoms with Gasteiger partial charge in [-0.1, -0.05) is 23.7 Å². The Labute approximate surface area is 106 Å². The first kappa shape index (κ1) is 11.7. The Bertz CT molecular complexity index is 487. The number of allylic oxidation sites excluding steroid dienone is 2. The zero-order valence-corrected chi connectivity index (χ0v) is 10.9. The van der Waals surface area contributed by atoms with Gasteiger partial charge in [-0.3, -0.25) is 4.99 Å². The summed E-state index contributed by atoms with van der Waals surface area (Å²) >= 11 is 11.9. The van der Waals surface area contributed by atoms with Crippen molar-refractivity contribution in [2.45, 2.75) is 20.3 Å². The normalized spacial score (nSPS) is 15.6. The number of rotatable bonds is 2. The molecular formula is C13H13Cl2N. The van der Waals surface area contributed by atoms with Crippen molar-refractivity contribution in [1.29, 1.82) is 0 Å². The molecule has 16 heavy (non-hydrogen) atoms. The molecule has 84 valence electrons. The molecule has 0 atom stereocenters. The molecule has 0 aromatic heterocycles. The first-order valence-corrected chi connectivity index (χ1v) is 6.11. The van der Waals surface area contributed by atoms with Crippen LogP contribution >= 0.6 is 23.2 Å². The minimum absolute atomic E-state index is 0.481. The van der Waals surface area contributed by atoms with Crippen LogP contribution in [0.25, 0.3) is 0 Å². The maximum absolute atomic E-state index is 6.10. The molecule has 0 bridgehead atoms. The van der Waals surface area contributed by atoms with Crippen molar-refractivity contribution < 1.29 is 0 Å². The Morgan fingerprint density at radius 1 is 1.31 bits per heavy atom. The summed E-state index contributed by atoms with van der Waals surface area (Å²) in [4.78, 5) is 4.53. The monoisotopic (exact) mass is 253 g/mol. The van der Waals surface area contributed by atoms with Crippen LogP contribution in [-0.2, 0) is 0 Å². The highest BCUT2D eigenvalue weighted by molar-refractivity contribution is 6.31. The van der Waals surface area contributed by atoms with E-state index in [1.807, 2.05) is 19.1 Å². The fourth-order valence-electron chi connectivity index (χ4n) is 1.73. The van der Waals surface area contributed by atoms with Crippen LogP contribution in [-0.4, -0.2) is 11.6 Å². The van der Waals surface area contributed by atoms with Crippen LogP contribution in [0.4, 0.5) is 0 Å². The van der Waals surface area contributed by atoms with Crippen LogP contribution in [0, 0.1) is 6.92 Å². The fourth-order valence-corrected chi connectivity index (χ4v) is 2.20. The lowest BCUT2D eigenvalue weighted by Crippen LogP contribution is -1.97. The van der Waals surface area contributed by atoms with Gasteiger partial charge in [-0.15, -0.1) is 11.6 Å². The molecule has 0 unspecified atom stereocenters. The van der Waals surface area contributed by atoms with Crippen molar-refractivity contribution in [1.82, 2.24) is 0 Å². The SMILES string of the molecule is CC1=C(CCl)N=C(c2ccc(C)c(Cl)c2)C1. The van der Waals surface area contributed by atoms with Gasteiger partial charge in [-0.25, -0.2) is 0 Å². The number of benzene rings is 1. The minimum atomic E-state index is 0.481. The molecule has 1 aliphatic heterocycles. The average Bonchev–Trinajstić information content (AvgIpc) is 2.64. The summed E-state index contributed by atoms with van der Waals surface area (Å²) < 4.78 is 0. The van der Waals surface area contributed by atoms with E-state index < -0.39 is 0 Å². The highest BCUT2D eigenvalue weighted by Gasteiger charge is 2.15.